The van der Waals surface area contributed by atoms with Gasteiger partial charge in [-0.1, -0.05) is 0 Å². The number of rotatable bonds is 4. The summed E-state index contributed by atoms with van der Waals surface area (Å²) in [5.74, 6) is 6.79. The fourth-order valence-electron chi connectivity index (χ4n) is 2.46. The summed E-state index contributed by atoms with van der Waals surface area (Å²) in [5.41, 5.74) is 3.83. The quantitative estimate of drug-likeness (QED) is 0.587. The van der Waals surface area contributed by atoms with Gasteiger partial charge >= 0.3 is 0 Å². The molecule has 0 bridgehead atoms. The molecule has 1 aromatic rings. The van der Waals surface area contributed by atoms with Gasteiger partial charge in [-0.3, -0.25) is 16.0 Å². The minimum Gasteiger partial charge on any atom is -0.493 e. The number of nitrogens with one attached hydrogen (secondary N) is 1. The van der Waals surface area contributed by atoms with Gasteiger partial charge in [-0.05, 0) is 13.3 Å². The lowest BCUT2D eigenvalue weighted by atomic mass is 9.94. The molecule has 0 saturated carbocycles. The lowest BCUT2D eigenvalue weighted by Gasteiger charge is -2.22. The fourth-order valence-corrected chi connectivity index (χ4v) is 2.46. The number of hydrogen-bond donors (Lipinski definition) is 2. The number of aryl methyl sites for hydroxylation is 1. The topological polar surface area (TPSA) is 74.3 Å². The Morgan fingerprint density at radius 1 is 1.71 bits per heavy atom. The largest absolute Gasteiger partial charge is 0.493 e. The molecule has 0 amide bonds. The maximum absolute atomic E-state index is 5.68. The minimum absolute atomic E-state index is 0.00222. The molecule has 1 aromatic heterocycles. The van der Waals surface area contributed by atoms with Crippen molar-refractivity contribution in [2.75, 3.05) is 13.7 Å². The van der Waals surface area contributed by atoms with Crippen LogP contribution in [0.2, 0.25) is 0 Å². The first-order valence-electron chi connectivity index (χ1n) is 5.81. The average Bonchev–Trinajstić information content (AvgIpc) is 2.89. The average molecular weight is 240 g/mol. The molecule has 0 spiro atoms. The Bertz CT molecular complexity index is 380. The summed E-state index contributed by atoms with van der Waals surface area (Å²) >= 11 is 0. The summed E-state index contributed by atoms with van der Waals surface area (Å²) in [7, 11) is 3.53. The first-order valence-corrected chi connectivity index (χ1v) is 5.81. The van der Waals surface area contributed by atoms with Crippen LogP contribution >= 0.6 is 0 Å². The van der Waals surface area contributed by atoms with Gasteiger partial charge in [0, 0.05) is 13.0 Å². The van der Waals surface area contributed by atoms with E-state index in [2.05, 4.69) is 17.4 Å². The predicted molar refractivity (Wildman–Crippen MR) is 63.3 cm³/mol. The first-order chi connectivity index (χ1) is 8.17. The SMILES string of the molecule is COc1cnn(C)c1C(NN)C1COC(C)C1. The Kier molecular flexibility index (Phi) is 3.66. The molecule has 0 aromatic carbocycles. The zero-order valence-corrected chi connectivity index (χ0v) is 10.5. The molecule has 6 heteroatoms. The number of ether oxygens (including phenoxy) is 2. The highest BCUT2D eigenvalue weighted by Crippen LogP contribution is 2.34. The van der Waals surface area contributed by atoms with E-state index in [1.54, 1.807) is 18.0 Å². The Labute approximate surface area is 101 Å². The van der Waals surface area contributed by atoms with Crippen LogP contribution in [0.1, 0.15) is 25.1 Å². The van der Waals surface area contributed by atoms with Crippen LogP contribution < -0.4 is 16.0 Å². The smallest absolute Gasteiger partial charge is 0.161 e. The van der Waals surface area contributed by atoms with E-state index in [4.69, 9.17) is 15.3 Å². The Balaban J connectivity index is 2.25. The normalized spacial score (nSPS) is 26.1. The maximum atomic E-state index is 5.68. The van der Waals surface area contributed by atoms with E-state index in [0.29, 0.717) is 12.5 Å². The Morgan fingerprint density at radius 2 is 2.47 bits per heavy atom. The second-order valence-corrected chi connectivity index (χ2v) is 4.51. The molecule has 1 aliphatic rings. The van der Waals surface area contributed by atoms with Crippen LogP contribution in [-0.4, -0.2) is 29.6 Å². The zero-order valence-electron chi connectivity index (χ0n) is 10.5. The summed E-state index contributed by atoms with van der Waals surface area (Å²) in [6, 6.07) is 0.00222. The molecule has 96 valence electrons. The van der Waals surface area contributed by atoms with Crippen molar-refractivity contribution in [2.24, 2.45) is 18.8 Å². The predicted octanol–water partition coefficient (Wildman–Crippen LogP) is 0.358. The first kappa shape index (κ1) is 12.3. The summed E-state index contributed by atoms with van der Waals surface area (Å²) in [6.45, 7) is 2.79. The molecule has 0 radical (unpaired) electrons. The highest BCUT2D eigenvalue weighted by atomic mass is 16.5. The molecular weight excluding hydrogens is 220 g/mol. The zero-order chi connectivity index (χ0) is 12.4. The van der Waals surface area contributed by atoms with Crippen molar-refractivity contribution in [1.82, 2.24) is 15.2 Å². The van der Waals surface area contributed by atoms with E-state index in [1.165, 1.54) is 0 Å². The highest BCUT2D eigenvalue weighted by molar-refractivity contribution is 5.28. The van der Waals surface area contributed by atoms with Gasteiger partial charge < -0.3 is 9.47 Å². The summed E-state index contributed by atoms with van der Waals surface area (Å²) in [5, 5.41) is 4.20. The molecule has 6 nitrogen and oxygen atoms in total. The van der Waals surface area contributed by atoms with Gasteiger partial charge in [0.05, 0.1) is 37.8 Å². The number of methoxy groups -OCH3 is 1. The lowest BCUT2D eigenvalue weighted by Crippen LogP contribution is -2.35. The van der Waals surface area contributed by atoms with Crippen molar-refractivity contribution in [3.05, 3.63) is 11.9 Å². The molecule has 2 heterocycles. The van der Waals surface area contributed by atoms with Crippen LogP contribution in [0.4, 0.5) is 0 Å². The molecule has 0 aliphatic carbocycles. The van der Waals surface area contributed by atoms with Crippen LogP contribution in [0.25, 0.3) is 0 Å². The fraction of sp³-hybridized carbons (Fsp3) is 0.727. The van der Waals surface area contributed by atoms with Crippen molar-refractivity contribution in [3.63, 3.8) is 0 Å². The molecule has 1 fully saturated rings. The van der Waals surface area contributed by atoms with Crippen molar-refractivity contribution >= 4 is 0 Å². The number of hydrazine groups is 1. The van der Waals surface area contributed by atoms with Crippen LogP contribution in [0, 0.1) is 5.92 Å². The highest BCUT2D eigenvalue weighted by Gasteiger charge is 2.33. The summed E-state index contributed by atoms with van der Waals surface area (Å²) < 4.78 is 12.7. The van der Waals surface area contributed by atoms with Crippen LogP contribution in [-0.2, 0) is 11.8 Å². The van der Waals surface area contributed by atoms with Crippen molar-refractivity contribution in [2.45, 2.75) is 25.5 Å². The van der Waals surface area contributed by atoms with E-state index in [1.807, 2.05) is 7.05 Å². The molecule has 1 aliphatic heterocycles. The Hall–Kier alpha value is -1.11. The van der Waals surface area contributed by atoms with E-state index in [9.17, 15) is 0 Å². The number of hydrogen-bond acceptors (Lipinski definition) is 5. The number of aromatic nitrogens is 2. The third-order valence-electron chi connectivity index (χ3n) is 3.34. The van der Waals surface area contributed by atoms with Crippen molar-refractivity contribution < 1.29 is 9.47 Å². The molecule has 2 rings (SSSR count). The van der Waals surface area contributed by atoms with Crippen LogP contribution in [0.3, 0.4) is 0 Å². The molecule has 3 unspecified atom stereocenters. The second-order valence-electron chi connectivity index (χ2n) is 4.51. The molecular formula is C11H20N4O2. The Morgan fingerprint density at radius 3 is 3.00 bits per heavy atom. The van der Waals surface area contributed by atoms with E-state index in [0.717, 1.165) is 17.9 Å². The van der Waals surface area contributed by atoms with Gasteiger partial charge in [-0.25, -0.2) is 0 Å². The molecule has 3 N–H and O–H groups in total. The van der Waals surface area contributed by atoms with E-state index in [-0.39, 0.29) is 12.1 Å². The van der Waals surface area contributed by atoms with Gasteiger partial charge in [-0.15, -0.1) is 0 Å². The van der Waals surface area contributed by atoms with Crippen LogP contribution in [0.5, 0.6) is 5.75 Å². The molecule has 17 heavy (non-hydrogen) atoms. The lowest BCUT2D eigenvalue weighted by molar-refractivity contribution is 0.116. The van der Waals surface area contributed by atoms with Gasteiger partial charge in [0.15, 0.2) is 5.75 Å². The number of nitrogens with zero attached hydrogens (tertiary/aromatic N) is 2. The number of nitrogens with two attached hydrogens (primary N) is 1. The second kappa shape index (κ2) is 5.03. The third-order valence-corrected chi connectivity index (χ3v) is 3.34. The van der Waals surface area contributed by atoms with Gasteiger partial charge in [0.1, 0.15) is 0 Å². The maximum Gasteiger partial charge on any atom is 0.161 e. The molecule has 3 atom stereocenters. The van der Waals surface area contributed by atoms with Gasteiger partial charge in [0.2, 0.25) is 0 Å². The van der Waals surface area contributed by atoms with E-state index >= 15 is 0 Å². The van der Waals surface area contributed by atoms with Gasteiger partial charge in [-0.2, -0.15) is 5.10 Å². The summed E-state index contributed by atoms with van der Waals surface area (Å²) in [6.07, 6.45) is 2.98. The monoisotopic (exact) mass is 240 g/mol. The van der Waals surface area contributed by atoms with Gasteiger partial charge in [0.25, 0.3) is 0 Å². The molecule has 1 saturated heterocycles. The minimum atomic E-state index is 0.00222. The van der Waals surface area contributed by atoms with Crippen LogP contribution in [0.15, 0.2) is 6.20 Å². The summed E-state index contributed by atoms with van der Waals surface area (Å²) in [4.78, 5) is 0. The third kappa shape index (κ3) is 2.29. The van der Waals surface area contributed by atoms with E-state index < -0.39 is 0 Å². The van der Waals surface area contributed by atoms with Crippen molar-refractivity contribution in [1.29, 1.82) is 0 Å². The standard InChI is InChI=1S/C11H20N4O2/c1-7-4-8(6-17-7)10(14-12)11-9(16-3)5-13-15(11)2/h5,7-8,10,14H,4,6,12H2,1-3H3. The van der Waals surface area contributed by atoms with Crippen molar-refractivity contribution in [3.8, 4) is 5.75 Å².